The second kappa shape index (κ2) is 4.47. The molecule has 0 aliphatic rings. The molecule has 0 spiro atoms. The van der Waals surface area contributed by atoms with Crippen LogP contribution >= 0.6 is 0 Å². The van der Waals surface area contributed by atoms with Crippen LogP contribution in [0.25, 0.3) is 11.0 Å². The Morgan fingerprint density at radius 3 is 2.76 bits per heavy atom. The number of methoxy groups -OCH3 is 2. The quantitative estimate of drug-likeness (QED) is 0.881. The van der Waals surface area contributed by atoms with Gasteiger partial charge in [-0.05, 0) is 18.2 Å². The number of ether oxygens (including phenoxy) is 2. The van der Waals surface area contributed by atoms with Crippen molar-refractivity contribution in [1.29, 1.82) is 0 Å². The van der Waals surface area contributed by atoms with E-state index in [0.29, 0.717) is 22.3 Å². The summed E-state index contributed by atoms with van der Waals surface area (Å²) >= 11 is 0. The molecule has 90 valence electrons. The standard InChI is InChI=1S/C12H12O5/c1-15-6-9-8-5-7(16-2)3-4-10(8)17-11(9)12(13)14/h3-5H,6H2,1-2H3,(H,13,14). The van der Waals surface area contributed by atoms with Crippen molar-refractivity contribution in [3.63, 3.8) is 0 Å². The first-order valence-electron chi connectivity index (χ1n) is 4.99. The molecule has 1 heterocycles. The fourth-order valence-corrected chi connectivity index (χ4v) is 1.72. The maximum Gasteiger partial charge on any atom is 0.372 e. The Hall–Kier alpha value is -2.01. The third-order valence-electron chi connectivity index (χ3n) is 2.48. The molecule has 1 N–H and O–H groups in total. The van der Waals surface area contributed by atoms with Crippen LogP contribution in [-0.4, -0.2) is 25.3 Å². The highest BCUT2D eigenvalue weighted by Gasteiger charge is 2.20. The van der Waals surface area contributed by atoms with Gasteiger partial charge in [0.25, 0.3) is 0 Å². The minimum atomic E-state index is -1.10. The molecule has 1 aromatic carbocycles. The molecule has 0 saturated heterocycles. The molecule has 0 radical (unpaired) electrons. The molecule has 17 heavy (non-hydrogen) atoms. The molecule has 0 unspecified atom stereocenters. The van der Waals surface area contributed by atoms with Crippen LogP contribution in [0, 0.1) is 0 Å². The number of hydrogen-bond acceptors (Lipinski definition) is 4. The zero-order valence-corrected chi connectivity index (χ0v) is 9.52. The largest absolute Gasteiger partial charge is 0.497 e. The fourth-order valence-electron chi connectivity index (χ4n) is 1.72. The molecular weight excluding hydrogens is 224 g/mol. The average molecular weight is 236 g/mol. The molecule has 2 aromatic rings. The van der Waals surface area contributed by atoms with Gasteiger partial charge in [0.2, 0.25) is 5.76 Å². The summed E-state index contributed by atoms with van der Waals surface area (Å²) in [7, 11) is 3.06. The van der Waals surface area contributed by atoms with Crippen molar-refractivity contribution in [3.8, 4) is 5.75 Å². The van der Waals surface area contributed by atoms with Crippen LogP contribution in [0.4, 0.5) is 0 Å². The first-order valence-corrected chi connectivity index (χ1v) is 4.99. The van der Waals surface area contributed by atoms with E-state index >= 15 is 0 Å². The highest BCUT2D eigenvalue weighted by Crippen LogP contribution is 2.29. The Kier molecular flexibility index (Phi) is 3.01. The number of aromatic carboxylic acids is 1. The molecule has 0 fully saturated rings. The van der Waals surface area contributed by atoms with Crippen molar-refractivity contribution in [1.82, 2.24) is 0 Å². The first kappa shape index (κ1) is 11.5. The number of rotatable bonds is 4. The van der Waals surface area contributed by atoms with Crippen LogP contribution in [0.15, 0.2) is 22.6 Å². The Morgan fingerprint density at radius 1 is 1.41 bits per heavy atom. The highest BCUT2D eigenvalue weighted by molar-refractivity contribution is 5.95. The van der Waals surface area contributed by atoms with Crippen LogP contribution in [0.2, 0.25) is 0 Å². The van der Waals surface area contributed by atoms with Gasteiger partial charge in [0.15, 0.2) is 0 Å². The van der Waals surface area contributed by atoms with E-state index in [2.05, 4.69) is 0 Å². The summed E-state index contributed by atoms with van der Waals surface area (Å²) in [5.41, 5.74) is 1.03. The van der Waals surface area contributed by atoms with Gasteiger partial charge >= 0.3 is 5.97 Å². The van der Waals surface area contributed by atoms with Crippen molar-refractivity contribution in [3.05, 3.63) is 29.5 Å². The van der Waals surface area contributed by atoms with Gasteiger partial charge in [-0.1, -0.05) is 0 Å². The number of carbonyl (C=O) groups is 1. The SMILES string of the molecule is COCc1c(C(=O)O)oc2ccc(OC)cc12. The van der Waals surface area contributed by atoms with Gasteiger partial charge < -0.3 is 19.0 Å². The highest BCUT2D eigenvalue weighted by atomic mass is 16.5. The number of hydrogen-bond donors (Lipinski definition) is 1. The third-order valence-corrected chi connectivity index (χ3v) is 2.48. The van der Waals surface area contributed by atoms with Gasteiger partial charge in [-0.3, -0.25) is 0 Å². The predicted molar refractivity (Wildman–Crippen MR) is 60.4 cm³/mol. The Labute approximate surface area is 97.6 Å². The van der Waals surface area contributed by atoms with E-state index in [9.17, 15) is 4.79 Å². The molecule has 0 aliphatic heterocycles. The molecule has 0 bridgehead atoms. The van der Waals surface area contributed by atoms with E-state index in [4.69, 9.17) is 19.0 Å². The summed E-state index contributed by atoms with van der Waals surface area (Å²) in [6, 6.07) is 5.13. The Bertz CT molecular complexity index is 555. The Balaban J connectivity index is 2.67. The number of carboxylic acid groups (broad SMARTS) is 1. The van der Waals surface area contributed by atoms with Crippen molar-refractivity contribution in [2.24, 2.45) is 0 Å². The molecule has 0 amide bonds. The lowest BCUT2D eigenvalue weighted by Crippen LogP contribution is -1.99. The molecule has 5 nitrogen and oxygen atoms in total. The molecule has 0 atom stereocenters. The maximum atomic E-state index is 11.0. The molecule has 2 rings (SSSR count). The van der Waals surface area contributed by atoms with E-state index in [1.54, 1.807) is 25.3 Å². The zero-order valence-electron chi connectivity index (χ0n) is 9.52. The Morgan fingerprint density at radius 2 is 2.18 bits per heavy atom. The van der Waals surface area contributed by atoms with E-state index in [1.807, 2.05) is 0 Å². The van der Waals surface area contributed by atoms with E-state index in [0.717, 1.165) is 0 Å². The summed E-state index contributed by atoms with van der Waals surface area (Å²) < 4.78 is 15.4. The summed E-state index contributed by atoms with van der Waals surface area (Å²) in [4.78, 5) is 11.0. The van der Waals surface area contributed by atoms with Crippen LogP contribution in [0.5, 0.6) is 5.75 Å². The van der Waals surface area contributed by atoms with Crippen molar-refractivity contribution in [2.75, 3.05) is 14.2 Å². The van der Waals surface area contributed by atoms with Gasteiger partial charge in [-0.25, -0.2) is 4.79 Å². The zero-order chi connectivity index (χ0) is 12.4. The first-order chi connectivity index (χ1) is 8.17. The van der Waals surface area contributed by atoms with Crippen molar-refractivity contribution >= 4 is 16.9 Å². The number of furan rings is 1. The van der Waals surface area contributed by atoms with Crippen molar-refractivity contribution in [2.45, 2.75) is 6.61 Å². The maximum absolute atomic E-state index is 11.0. The number of fused-ring (bicyclic) bond motifs is 1. The smallest absolute Gasteiger partial charge is 0.372 e. The topological polar surface area (TPSA) is 68.9 Å². The van der Waals surface area contributed by atoms with E-state index in [-0.39, 0.29) is 12.4 Å². The van der Waals surface area contributed by atoms with Crippen LogP contribution < -0.4 is 4.74 Å². The number of carboxylic acids is 1. The predicted octanol–water partition coefficient (Wildman–Crippen LogP) is 2.29. The van der Waals surface area contributed by atoms with Crippen LogP contribution in [0.1, 0.15) is 16.1 Å². The summed E-state index contributed by atoms with van der Waals surface area (Å²) in [6.45, 7) is 0.182. The average Bonchev–Trinajstić information content (AvgIpc) is 2.68. The molecule has 0 aliphatic carbocycles. The van der Waals surface area contributed by atoms with Gasteiger partial charge in [-0.15, -0.1) is 0 Å². The second-order valence-corrected chi connectivity index (χ2v) is 3.51. The summed E-state index contributed by atoms with van der Waals surface area (Å²) in [5.74, 6) is -0.546. The molecule has 5 heteroatoms. The van der Waals surface area contributed by atoms with Crippen LogP contribution in [-0.2, 0) is 11.3 Å². The summed E-state index contributed by atoms with van der Waals surface area (Å²) in [6.07, 6.45) is 0. The lowest BCUT2D eigenvalue weighted by Gasteiger charge is -2.00. The lowest BCUT2D eigenvalue weighted by molar-refractivity contribution is 0.0658. The minimum Gasteiger partial charge on any atom is -0.497 e. The second-order valence-electron chi connectivity index (χ2n) is 3.51. The minimum absolute atomic E-state index is 0.0879. The van der Waals surface area contributed by atoms with Crippen LogP contribution in [0.3, 0.4) is 0 Å². The number of benzene rings is 1. The lowest BCUT2D eigenvalue weighted by atomic mass is 10.1. The monoisotopic (exact) mass is 236 g/mol. The normalized spacial score (nSPS) is 10.7. The third kappa shape index (κ3) is 1.97. The van der Waals surface area contributed by atoms with Gasteiger partial charge in [0.1, 0.15) is 11.3 Å². The van der Waals surface area contributed by atoms with Gasteiger partial charge in [0.05, 0.1) is 13.7 Å². The molecule has 1 aromatic heterocycles. The van der Waals surface area contributed by atoms with Crippen molar-refractivity contribution < 1.29 is 23.8 Å². The van der Waals surface area contributed by atoms with Gasteiger partial charge in [0, 0.05) is 18.1 Å². The van der Waals surface area contributed by atoms with E-state index < -0.39 is 5.97 Å². The molecular formula is C12H12O5. The molecule has 0 saturated carbocycles. The fraction of sp³-hybridized carbons (Fsp3) is 0.250. The summed E-state index contributed by atoms with van der Waals surface area (Å²) in [5, 5.41) is 9.74. The van der Waals surface area contributed by atoms with E-state index in [1.165, 1.54) is 7.11 Å². The van der Waals surface area contributed by atoms with Gasteiger partial charge in [-0.2, -0.15) is 0 Å².